The minimum atomic E-state index is -0.496. The van der Waals surface area contributed by atoms with Crippen LogP contribution in [0.4, 0.5) is 17.3 Å². The van der Waals surface area contributed by atoms with Crippen LogP contribution < -0.4 is 16.0 Å². The summed E-state index contributed by atoms with van der Waals surface area (Å²) in [6.07, 6.45) is 1.64. The number of nitrogens with one attached hydrogen (secondary N) is 1. The van der Waals surface area contributed by atoms with Crippen LogP contribution in [0.25, 0.3) is 0 Å². The number of rotatable bonds is 3. The average Bonchev–Trinajstić information content (AvgIpc) is 2.76. The standard InChI is InChI=1S/C10H12N6O2/c1-16(2)9-6(4-3-5-12-9)13-10(17)7-8(11)15-18-14-7/h3-5H,1-2H3,(H2,11,15)(H,13,17). The van der Waals surface area contributed by atoms with Gasteiger partial charge in [0, 0.05) is 20.3 Å². The number of nitrogens with two attached hydrogens (primary N) is 1. The summed E-state index contributed by atoms with van der Waals surface area (Å²) in [4.78, 5) is 17.8. The third-order valence-corrected chi connectivity index (χ3v) is 2.19. The summed E-state index contributed by atoms with van der Waals surface area (Å²) < 4.78 is 4.37. The Morgan fingerprint density at radius 1 is 1.44 bits per heavy atom. The zero-order valence-electron chi connectivity index (χ0n) is 9.91. The molecule has 3 N–H and O–H groups in total. The van der Waals surface area contributed by atoms with Gasteiger partial charge in [-0.25, -0.2) is 9.61 Å². The van der Waals surface area contributed by atoms with Gasteiger partial charge in [0.1, 0.15) is 0 Å². The summed E-state index contributed by atoms with van der Waals surface area (Å²) in [5, 5.41) is 9.42. The van der Waals surface area contributed by atoms with Crippen molar-refractivity contribution in [3.63, 3.8) is 0 Å². The van der Waals surface area contributed by atoms with Gasteiger partial charge in [-0.2, -0.15) is 0 Å². The molecule has 0 bridgehead atoms. The SMILES string of the molecule is CN(C)c1ncccc1NC(=O)c1nonc1N. The van der Waals surface area contributed by atoms with Crippen LogP contribution in [0.5, 0.6) is 0 Å². The number of pyridine rings is 1. The van der Waals surface area contributed by atoms with Gasteiger partial charge in [-0.15, -0.1) is 0 Å². The van der Waals surface area contributed by atoms with Crippen molar-refractivity contribution in [3.8, 4) is 0 Å². The van der Waals surface area contributed by atoms with E-state index in [0.717, 1.165) is 0 Å². The molecular formula is C10H12N6O2. The molecule has 8 nitrogen and oxygen atoms in total. The van der Waals surface area contributed by atoms with Gasteiger partial charge in [0.15, 0.2) is 5.82 Å². The monoisotopic (exact) mass is 248 g/mol. The third-order valence-electron chi connectivity index (χ3n) is 2.19. The molecule has 0 saturated carbocycles. The van der Waals surface area contributed by atoms with Gasteiger partial charge < -0.3 is 16.0 Å². The van der Waals surface area contributed by atoms with Crippen LogP contribution in [0.1, 0.15) is 10.5 Å². The predicted molar refractivity (Wildman–Crippen MR) is 65.2 cm³/mol. The largest absolute Gasteiger partial charge is 0.379 e. The number of aromatic nitrogens is 3. The van der Waals surface area contributed by atoms with Crippen molar-refractivity contribution in [2.45, 2.75) is 0 Å². The lowest BCUT2D eigenvalue weighted by atomic mass is 10.3. The minimum absolute atomic E-state index is 0.0523. The second kappa shape index (κ2) is 4.70. The Morgan fingerprint density at radius 2 is 2.22 bits per heavy atom. The van der Waals surface area contributed by atoms with Crippen LogP contribution in [-0.4, -0.2) is 35.3 Å². The summed E-state index contributed by atoms with van der Waals surface area (Å²) in [5.74, 6) is 0.0773. The molecule has 0 aromatic carbocycles. The van der Waals surface area contributed by atoms with Crippen LogP contribution in [0.15, 0.2) is 23.0 Å². The molecule has 8 heteroatoms. The molecule has 2 aromatic rings. The van der Waals surface area contributed by atoms with Crippen LogP contribution in [0, 0.1) is 0 Å². The lowest BCUT2D eigenvalue weighted by Gasteiger charge is -2.15. The van der Waals surface area contributed by atoms with Crippen molar-refractivity contribution >= 4 is 23.2 Å². The molecule has 0 aliphatic carbocycles. The molecule has 0 fully saturated rings. The number of amides is 1. The van der Waals surface area contributed by atoms with E-state index in [-0.39, 0.29) is 11.5 Å². The third kappa shape index (κ3) is 2.21. The molecule has 94 valence electrons. The van der Waals surface area contributed by atoms with Gasteiger partial charge in [0.2, 0.25) is 11.5 Å². The second-order valence-corrected chi connectivity index (χ2v) is 3.72. The number of hydrogen-bond acceptors (Lipinski definition) is 7. The molecule has 2 rings (SSSR count). The highest BCUT2D eigenvalue weighted by Crippen LogP contribution is 2.21. The van der Waals surface area contributed by atoms with Crippen molar-refractivity contribution in [2.24, 2.45) is 0 Å². The van der Waals surface area contributed by atoms with Crippen LogP contribution in [-0.2, 0) is 0 Å². The van der Waals surface area contributed by atoms with Gasteiger partial charge in [-0.1, -0.05) is 0 Å². The Bertz CT molecular complexity index is 565. The summed E-state index contributed by atoms with van der Waals surface area (Å²) in [6.45, 7) is 0. The van der Waals surface area contributed by atoms with E-state index in [1.807, 2.05) is 14.1 Å². The lowest BCUT2D eigenvalue weighted by molar-refractivity contribution is 0.101. The molecule has 2 heterocycles. The van der Waals surface area contributed by atoms with Crippen LogP contribution >= 0.6 is 0 Å². The van der Waals surface area contributed by atoms with Gasteiger partial charge in [0.05, 0.1) is 5.69 Å². The lowest BCUT2D eigenvalue weighted by Crippen LogP contribution is -2.18. The normalized spacial score (nSPS) is 10.1. The summed E-state index contributed by atoms with van der Waals surface area (Å²) in [7, 11) is 3.65. The highest BCUT2D eigenvalue weighted by atomic mass is 16.6. The van der Waals surface area contributed by atoms with E-state index in [4.69, 9.17) is 5.73 Å². The topological polar surface area (TPSA) is 110 Å². The van der Waals surface area contributed by atoms with E-state index >= 15 is 0 Å². The maximum absolute atomic E-state index is 11.9. The highest BCUT2D eigenvalue weighted by molar-refractivity contribution is 6.06. The van der Waals surface area contributed by atoms with E-state index in [1.54, 1.807) is 23.2 Å². The first-order valence-electron chi connectivity index (χ1n) is 5.11. The van der Waals surface area contributed by atoms with E-state index in [1.165, 1.54) is 0 Å². The van der Waals surface area contributed by atoms with Gasteiger partial charge >= 0.3 is 0 Å². The number of carbonyl (C=O) groups excluding carboxylic acids is 1. The maximum atomic E-state index is 11.9. The quantitative estimate of drug-likeness (QED) is 0.807. The fourth-order valence-corrected chi connectivity index (χ4v) is 1.39. The van der Waals surface area contributed by atoms with Gasteiger partial charge in [0.25, 0.3) is 5.91 Å². The molecule has 2 aromatic heterocycles. The van der Waals surface area contributed by atoms with E-state index < -0.39 is 5.91 Å². The molecule has 0 radical (unpaired) electrons. The zero-order valence-corrected chi connectivity index (χ0v) is 9.91. The Hall–Kier alpha value is -2.64. The fourth-order valence-electron chi connectivity index (χ4n) is 1.39. The molecule has 0 spiro atoms. The van der Waals surface area contributed by atoms with Gasteiger partial charge in [-0.3, -0.25) is 4.79 Å². The Morgan fingerprint density at radius 3 is 2.83 bits per heavy atom. The fraction of sp³-hybridized carbons (Fsp3) is 0.200. The average molecular weight is 248 g/mol. The maximum Gasteiger partial charge on any atom is 0.281 e. The van der Waals surface area contributed by atoms with Gasteiger partial charge in [-0.05, 0) is 22.4 Å². The molecule has 0 aliphatic heterocycles. The van der Waals surface area contributed by atoms with Crippen LogP contribution in [0.3, 0.4) is 0 Å². The van der Waals surface area contributed by atoms with Crippen molar-refractivity contribution in [1.29, 1.82) is 0 Å². The molecule has 1 amide bonds. The summed E-state index contributed by atoms with van der Waals surface area (Å²) >= 11 is 0. The van der Waals surface area contributed by atoms with E-state index in [2.05, 4.69) is 25.2 Å². The van der Waals surface area contributed by atoms with E-state index in [9.17, 15) is 4.79 Å². The Kier molecular flexibility index (Phi) is 3.09. The predicted octanol–water partition coefficient (Wildman–Crippen LogP) is 0.365. The zero-order chi connectivity index (χ0) is 13.1. The first-order chi connectivity index (χ1) is 8.59. The molecule has 0 unspecified atom stereocenters. The number of nitrogens with zero attached hydrogens (tertiary/aromatic N) is 4. The molecule has 0 saturated heterocycles. The summed E-state index contributed by atoms with van der Waals surface area (Å²) in [5.41, 5.74) is 5.94. The van der Waals surface area contributed by atoms with Crippen molar-refractivity contribution < 1.29 is 9.42 Å². The van der Waals surface area contributed by atoms with Crippen molar-refractivity contribution in [3.05, 3.63) is 24.0 Å². The van der Waals surface area contributed by atoms with E-state index in [0.29, 0.717) is 11.5 Å². The smallest absolute Gasteiger partial charge is 0.281 e. The number of carbonyl (C=O) groups is 1. The van der Waals surface area contributed by atoms with Crippen LogP contribution in [0.2, 0.25) is 0 Å². The Labute approximate surface area is 103 Å². The molecule has 0 atom stereocenters. The van der Waals surface area contributed by atoms with Crippen molar-refractivity contribution in [1.82, 2.24) is 15.3 Å². The highest BCUT2D eigenvalue weighted by Gasteiger charge is 2.17. The molecule has 0 aliphatic rings. The first kappa shape index (κ1) is 11.8. The molecular weight excluding hydrogens is 236 g/mol. The number of anilines is 3. The first-order valence-corrected chi connectivity index (χ1v) is 5.11. The molecule has 18 heavy (non-hydrogen) atoms. The summed E-state index contributed by atoms with van der Waals surface area (Å²) in [6, 6.07) is 3.44. The van der Waals surface area contributed by atoms with Crippen molar-refractivity contribution in [2.75, 3.05) is 30.0 Å². The minimum Gasteiger partial charge on any atom is -0.379 e. The number of hydrogen-bond donors (Lipinski definition) is 2. The Balaban J connectivity index is 2.25. The number of nitrogen functional groups attached to an aromatic ring is 1. The second-order valence-electron chi connectivity index (χ2n) is 3.72.